The van der Waals surface area contributed by atoms with Crippen molar-refractivity contribution in [1.29, 1.82) is 10.8 Å². The van der Waals surface area contributed by atoms with Crippen molar-refractivity contribution >= 4 is 22.8 Å². The number of hydrogen-bond acceptors (Lipinski definition) is 5. The highest BCUT2D eigenvalue weighted by molar-refractivity contribution is 6.49. The van der Waals surface area contributed by atoms with E-state index in [1.165, 1.54) is 0 Å². The lowest BCUT2D eigenvalue weighted by Crippen LogP contribution is -2.12. The SMILES string of the molecule is CC1=CC(=N)C(=N)C=C1.Cc1cc(N)c(N=O)c(C(C)(C)C)c1. The van der Waals surface area contributed by atoms with Gasteiger partial charge in [0.2, 0.25) is 0 Å². The second-order valence-electron chi connectivity index (χ2n) is 6.64. The molecule has 0 saturated heterocycles. The van der Waals surface area contributed by atoms with Gasteiger partial charge < -0.3 is 5.73 Å². The minimum Gasteiger partial charge on any atom is -0.397 e. The van der Waals surface area contributed by atoms with Crippen LogP contribution in [0.2, 0.25) is 0 Å². The molecule has 4 N–H and O–H groups in total. The first-order valence-corrected chi connectivity index (χ1v) is 7.34. The summed E-state index contributed by atoms with van der Waals surface area (Å²) in [6, 6.07) is 3.74. The Morgan fingerprint density at radius 1 is 1.04 bits per heavy atom. The fourth-order valence-electron chi connectivity index (χ4n) is 2.14. The maximum atomic E-state index is 10.7. The molecule has 5 nitrogen and oxygen atoms in total. The van der Waals surface area contributed by atoms with Gasteiger partial charge in [-0.05, 0) is 59.4 Å². The molecule has 1 aliphatic rings. The minimum absolute atomic E-state index is 0.108. The average Bonchev–Trinajstić information content (AvgIpc) is 2.42. The second kappa shape index (κ2) is 7.13. The molecule has 122 valence electrons. The van der Waals surface area contributed by atoms with Crippen molar-refractivity contribution < 1.29 is 0 Å². The standard InChI is InChI=1S/C11H16N2O.C7H8N2/c1-7-5-8(11(2,3)4)10(13-14)9(12)6-7;1-5-2-3-6(8)7(9)4-5/h5-6H,12H2,1-4H3;2-4,8-9H,1H3. The van der Waals surface area contributed by atoms with Crippen molar-refractivity contribution in [1.82, 2.24) is 0 Å². The fraction of sp³-hybridized carbons (Fsp3) is 0.333. The first-order valence-electron chi connectivity index (χ1n) is 7.34. The predicted molar refractivity (Wildman–Crippen MR) is 98.1 cm³/mol. The lowest BCUT2D eigenvalue weighted by molar-refractivity contribution is 0.591. The molecule has 0 bridgehead atoms. The quantitative estimate of drug-likeness (QED) is 0.393. The van der Waals surface area contributed by atoms with Crippen molar-refractivity contribution in [2.24, 2.45) is 5.18 Å². The number of anilines is 1. The summed E-state index contributed by atoms with van der Waals surface area (Å²) >= 11 is 0. The van der Waals surface area contributed by atoms with Crippen molar-refractivity contribution in [2.75, 3.05) is 5.73 Å². The van der Waals surface area contributed by atoms with Crippen LogP contribution >= 0.6 is 0 Å². The van der Waals surface area contributed by atoms with Gasteiger partial charge in [-0.1, -0.05) is 32.9 Å². The Bertz CT molecular complexity index is 706. The third-order valence-electron chi connectivity index (χ3n) is 3.36. The van der Waals surface area contributed by atoms with Crippen LogP contribution in [-0.4, -0.2) is 11.4 Å². The molecule has 2 rings (SSSR count). The number of allylic oxidation sites excluding steroid dienone is 4. The van der Waals surface area contributed by atoms with Crippen LogP contribution in [0.25, 0.3) is 0 Å². The highest BCUT2D eigenvalue weighted by Crippen LogP contribution is 2.36. The zero-order valence-electron chi connectivity index (χ0n) is 14.3. The van der Waals surface area contributed by atoms with Crippen LogP contribution in [0.3, 0.4) is 0 Å². The zero-order valence-corrected chi connectivity index (χ0v) is 14.3. The molecule has 0 aromatic heterocycles. The van der Waals surface area contributed by atoms with Crippen LogP contribution in [0.4, 0.5) is 11.4 Å². The first-order chi connectivity index (χ1) is 10.6. The largest absolute Gasteiger partial charge is 0.397 e. The van der Waals surface area contributed by atoms with Crippen LogP contribution in [0.1, 0.15) is 38.8 Å². The van der Waals surface area contributed by atoms with Gasteiger partial charge in [0.1, 0.15) is 5.69 Å². The summed E-state index contributed by atoms with van der Waals surface area (Å²) in [5, 5.41) is 17.3. The lowest BCUT2D eigenvalue weighted by Gasteiger charge is -2.21. The van der Waals surface area contributed by atoms with E-state index >= 15 is 0 Å². The number of benzene rings is 1. The maximum absolute atomic E-state index is 10.7. The number of nitrogen functional groups attached to an aromatic ring is 1. The summed E-state index contributed by atoms with van der Waals surface area (Å²) in [5.41, 5.74) is 10.1. The monoisotopic (exact) mass is 312 g/mol. The van der Waals surface area contributed by atoms with E-state index < -0.39 is 0 Å². The highest BCUT2D eigenvalue weighted by atomic mass is 16.3. The fourth-order valence-corrected chi connectivity index (χ4v) is 2.14. The Hall–Kier alpha value is -2.56. The van der Waals surface area contributed by atoms with Gasteiger partial charge >= 0.3 is 0 Å². The van der Waals surface area contributed by atoms with E-state index in [0.717, 1.165) is 16.7 Å². The van der Waals surface area contributed by atoms with Gasteiger partial charge in [0.15, 0.2) is 0 Å². The van der Waals surface area contributed by atoms with Gasteiger partial charge in [0.05, 0.1) is 17.1 Å². The molecule has 0 unspecified atom stereocenters. The van der Waals surface area contributed by atoms with Crippen molar-refractivity contribution in [3.05, 3.63) is 52.0 Å². The molecule has 1 aromatic carbocycles. The molecule has 0 spiro atoms. The number of nitrogens with zero attached hydrogens (tertiary/aromatic N) is 1. The first kappa shape index (κ1) is 18.5. The van der Waals surface area contributed by atoms with Gasteiger partial charge in [-0.3, -0.25) is 10.8 Å². The van der Waals surface area contributed by atoms with Crippen LogP contribution < -0.4 is 5.73 Å². The number of nitrogens with one attached hydrogen (secondary N) is 2. The third kappa shape index (κ3) is 4.98. The van der Waals surface area contributed by atoms with Crippen molar-refractivity contribution in [3.8, 4) is 0 Å². The lowest BCUT2D eigenvalue weighted by atomic mass is 9.84. The minimum atomic E-state index is -0.108. The van der Waals surface area contributed by atoms with Crippen molar-refractivity contribution in [3.63, 3.8) is 0 Å². The molecule has 0 heterocycles. The van der Waals surface area contributed by atoms with E-state index in [9.17, 15) is 4.91 Å². The number of rotatable bonds is 1. The molecule has 1 aliphatic carbocycles. The average molecular weight is 312 g/mol. The number of aryl methyl sites for hydroxylation is 1. The molecule has 1 aromatic rings. The normalized spacial score (nSPS) is 14.0. The van der Waals surface area contributed by atoms with E-state index in [1.54, 1.807) is 18.2 Å². The summed E-state index contributed by atoms with van der Waals surface area (Å²) in [5.74, 6) is 0. The molecule has 0 amide bonds. The van der Waals surface area contributed by atoms with Crippen molar-refractivity contribution in [2.45, 2.75) is 40.0 Å². The van der Waals surface area contributed by atoms with E-state index in [2.05, 4.69) is 5.18 Å². The summed E-state index contributed by atoms with van der Waals surface area (Å²) in [4.78, 5) is 10.7. The Balaban J connectivity index is 0.000000253. The molecule has 0 aliphatic heterocycles. The Kier molecular flexibility index (Phi) is 5.73. The number of nitroso groups, excluding NO2 is 1. The summed E-state index contributed by atoms with van der Waals surface area (Å²) < 4.78 is 0. The Labute approximate surface area is 137 Å². The van der Waals surface area contributed by atoms with Crippen LogP contribution in [0, 0.1) is 22.6 Å². The topological polar surface area (TPSA) is 103 Å². The maximum Gasteiger partial charge on any atom is 0.134 e. The molecular weight excluding hydrogens is 288 g/mol. The van der Waals surface area contributed by atoms with Crippen LogP contribution in [0.15, 0.2) is 41.1 Å². The van der Waals surface area contributed by atoms with Gasteiger partial charge in [0.25, 0.3) is 0 Å². The van der Waals surface area contributed by atoms with E-state index in [1.807, 2.05) is 46.8 Å². The van der Waals surface area contributed by atoms with Gasteiger partial charge in [-0.2, -0.15) is 0 Å². The summed E-state index contributed by atoms with van der Waals surface area (Å²) in [6.45, 7) is 9.99. The third-order valence-corrected chi connectivity index (χ3v) is 3.36. The molecule has 5 heteroatoms. The second-order valence-corrected chi connectivity index (χ2v) is 6.64. The van der Waals surface area contributed by atoms with E-state index in [0.29, 0.717) is 22.8 Å². The molecule has 0 fully saturated rings. The Morgan fingerprint density at radius 2 is 1.65 bits per heavy atom. The smallest absolute Gasteiger partial charge is 0.134 e. The van der Waals surface area contributed by atoms with E-state index in [4.69, 9.17) is 16.6 Å². The number of hydrogen-bond donors (Lipinski definition) is 3. The van der Waals surface area contributed by atoms with Gasteiger partial charge in [-0.25, -0.2) is 0 Å². The van der Waals surface area contributed by atoms with Gasteiger partial charge in [0, 0.05) is 0 Å². The highest BCUT2D eigenvalue weighted by Gasteiger charge is 2.20. The Morgan fingerprint density at radius 3 is 2.09 bits per heavy atom. The predicted octanol–water partition coefficient (Wildman–Crippen LogP) is 4.81. The molecule has 0 radical (unpaired) electrons. The number of nitrogens with two attached hydrogens (primary N) is 1. The molecular formula is C18H24N4O. The molecule has 0 saturated carbocycles. The zero-order chi connectivity index (χ0) is 17.8. The van der Waals surface area contributed by atoms with Gasteiger partial charge in [-0.15, -0.1) is 4.91 Å². The van der Waals surface area contributed by atoms with Crippen LogP contribution in [-0.2, 0) is 5.41 Å². The van der Waals surface area contributed by atoms with Crippen LogP contribution in [0.5, 0.6) is 0 Å². The van der Waals surface area contributed by atoms with E-state index in [-0.39, 0.29) is 5.41 Å². The summed E-state index contributed by atoms with van der Waals surface area (Å²) in [6.07, 6.45) is 5.15. The summed E-state index contributed by atoms with van der Waals surface area (Å²) in [7, 11) is 0. The molecule has 0 atom stereocenters. The molecule has 23 heavy (non-hydrogen) atoms.